The predicted molar refractivity (Wildman–Crippen MR) is 102 cm³/mol. The standard InChI is InChI=1S/C21H29N3O/c1-16-3-5-18-13-17(4-8-21(18)22-16)14-19-6-7-20(25-19)15-24-11-9-23(2)10-12-24/h3-5,8,13,19-20H,6-7,9-12,14-15H2,1-2H3/t19-,20+/m0/s1. The molecule has 134 valence electrons. The van der Waals surface area contributed by atoms with Crippen molar-refractivity contribution in [3.63, 3.8) is 0 Å². The van der Waals surface area contributed by atoms with Crippen molar-refractivity contribution >= 4 is 10.9 Å². The molecule has 2 aliphatic rings. The van der Waals surface area contributed by atoms with Gasteiger partial charge in [-0.05, 0) is 57.0 Å². The lowest BCUT2D eigenvalue weighted by Gasteiger charge is -2.33. The lowest BCUT2D eigenvalue weighted by atomic mass is 10.0. The van der Waals surface area contributed by atoms with E-state index in [1.54, 1.807) is 0 Å². The highest BCUT2D eigenvalue weighted by Gasteiger charge is 2.27. The minimum Gasteiger partial charge on any atom is -0.373 e. The first-order valence-corrected chi connectivity index (χ1v) is 9.58. The van der Waals surface area contributed by atoms with Crippen LogP contribution in [-0.2, 0) is 11.2 Å². The zero-order valence-corrected chi connectivity index (χ0v) is 15.4. The number of nitrogens with zero attached hydrogens (tertiary/aromatic N) is 3. The highest BCUT2D eigenvalue weighted by Crippen LogP contribution is 2.25. The van der Waals surface area contributed by atoms with Crippen LogP contribution in [0.1, 0.15) is 24.1 Å². The number of aromatic nitrogens is 1. The Morgan fingerprint density at radius 2 is 1.84 bits per heavy atom. The van der Waals surface area contributed by atoms with E-state index in [1.165, 1.54) is 50.0 Å². The first kappa shape index (κ1) is 17.0. The van der Waals surface area contributed by atoms with Gasteiger partial charge in [0.05, 0.1) is 17.7 Å². The second kappa shape index (κ2) is 7.40. The van der Waals surface area contributed by atoms with Crippen LogP contribution in [0.25, 0.3) is 10.9 Å². The lowest BCUT2D eigenvalue weighted by molar-refractivity contribution is 0.0146. The van der Waals surface area contributed by atoms with Crippen LogP contribution in [0, 0.1) is 6.92 Å². The number of aryl methyl sites for hydroxylation is 1. The molecule has 0 radical (unpaired) electrons. The van der Waals surface area contributed by atoms with Crippen molar-refractivity contribution in [1.82, 2.24) is 14.8 Å². The second-order valence-corrected chi connectivity index (χ2v) is 7.75. The lowest BCUT2D eigenvalue weighted by Crippen LogP contribution is -2.47. The van der Waals surface area contributed by atoms with Crippen molar-refractivity contribution < 1.29 is 4.74 Å². The molecular formula is C21H29N3O. The van der Waals surface area contributed by atoms with Crippen molar-refractivity contribution in [2.24, 2.45) is 0 Å². The largest absolute Gasteiger partial charge is 0.373 e. The maximum atomic E-state index is 6.36. The molecule has 3 heterocycles. The molecule has 0 spiro atoms. The minimum absolute atomic E-state index is 0.369. The van der Waals surface area contributed by atoms with Gasteiger partial charge in [0, 0.05) is 43.8 Å². The third kappa shape index (κ3) is 4.20. The molecule has 1 aromatic heterocycles. The molecule has 25 heavy (non-hydrogen) atoms. The van der Waals surface area contributed by atoms with Crippen LogP contribution in [0.15, 0.2) is 30.3 Å². The van der Waals surface area contributed by atoms with Crippen LogP contribution in [0.5, 0.6) is 0 Å². The molecular weight excluding hydrogens is 310 g/mol. The number of likely N-dealkylation sites (N-methyl/N-ethyl adjacent to an activating group) is 1. The fraction of sp³-hybridized carbons (Fsp3) is 0.571. The normalized spacial score (nSPS) is 25.7. The van der Waals surface area contributed by atoms with Crippen LogP contribution in [0.2, 0.25) is 0 Å². The van der Waals surface area contributed by atoms with Crippen molar-refractivity contribution in [3.05, 3.63) is 41.6 Å². The van der Waals surface area contributed by atoms with E-state index in [0.717, 1.165) is 24.2 Å². The van der Waals surface area contributed by atoms with E-state index in [4.69, 9.17) is 4.74 Å². The average Bonchev–Trinajstić information content (AvgIpc) is 3.04. The van der Waals surface area contributed by atoms with Gasteiger partial charge in [-0.1, -0.05) is 12.1 Å². The summed E-state index contributed by atoms with van der Waals surface area (Å²) in [7, 11) is 2.21. The molecule has 2 saturated heterocycles. The van der Waals surface area contributed by atoms with Gasteiger partial charge in [-0.2, -0.15) is 0 Å². The summed E-state index contributed by atoms with van der Waals surface area (Å²) in [6.07, 6.45) is 4.18. The molecule has 0 aliphatic carbocycles. The number of fused-ring (bicyclic) bond motifs is 1. The molecule has 4 heteroatoms. The van der Waals surface area contributed by atoms with Crippen LogP contribution in [0.4, 0.5) is 0 Å². The third-order valence-corrected chi connectivity index (χ3v) is 5.61. The van der Waals surface area contributed by atoms with Gasteiger partial charge < -0.3 is 9.64 Å². The molecule has 0 N–H and O–H groups in total. The Labute approximate surface area is 150 Å². The SMILES string of the molecule is Cc1ccc2cc(C[C@@H]3CC[C@H](CN4CCN(C)CC4)O3)ccc2n1. The maximum Gasteiger partial charge on any atom is 0.0706 e. The average molecular weight is 339 g/mol. The van der Waals surface area contributed by atoms with Crippen molar-refractivity contribution in [2.75, 3.05) is 39.8 Å². The summed E-state index contributed by atoms with van der Waals surface area (Å²) < 4.78 is 6.36. The predicted octanol–water partition coefficient (Wildman–Crippen LogP) is 2.88. The van der Waals surface area contributed by atoms with Gasteiger partial charge in [-0.3, -0.25) is 9.88 Å². The summed E-state index contributed by atoms with van der Waals surface area (Å²) in [5.41, 5.74) is 3.53. The fourth-order valence-electron chi connectivity index (χ4n) is 4.05. The molecule has 0 saturated carbocycles. The van der Waals surface area contributed by atoms with Crippen LogP contribution < -0.4 is 0 Å². The number of ether oxygens (including phenoxy) is 1. The van der Waals surface area contributed by atoms with Gasteiger partial charge in [0.2, 0.25) is 0 Å². The van der Waals surface area contributed by atoms with Crippen LogP contribution in [-0.4, -0.2) is 66.8 Å². The molecule has 2 aliphatic heterocycles. The van der Waals surface area contributed by atoms with E-state index >= 15 is 0 Å². The fourth-order valence-corrected chi connectivity index (χ4v) is 4.05. The molecule has 1 aromatic carbocycles. The van der Waals surface area contributed by atoms with Crippen LogP contribution >= 0.6 is 0 Å². The third-order valence-electron chi connectivity index (χ3n) is 5.61. The first-order chi connectivity index (χ1) is 12.2. The smallest absolute Gasteiger partial charge is 0.0706 e. The summed E-state index contributed by atoms with van der Waals surface area (Å²) in [5, 5.41) is 1.23. The highest BCUT2D eigenvalue weighted by atomic mass is 16.5. The van der Waals surface area contributed by atoms with Gasteiger partial charge >= 0.3 is 0 Å². The Bertz CT molecular complexity index is 724. The molecule has 2 atom stereocenters. The number of rotatable bonds is 4. The number of hydrogen-bond donors (Lipinski definition) is 0. The minimum atomic E-state index is 0.369. The summed E-state index contributed by atoms with van der Waals surface area (Å²) in [4.78, 5) is 9.56. The topological polar surface area (TPSA) is 28.6 Å². The molecule has 0 amide bonds. The molecule has 0 bridgehead atoms. The van der Waals surface area contributed by atoms with E-state index in [-0.39, 0.29) is 0 Å². The Hall–Kier alpha value is -1.49. The van der Waals surface area contributed by atoms with E-state index in [1.807, 2.05) is 6.92 Å². The van der Waals surface area contributed by atoms with Gasteiger partial charge in [-0.15, -0.1) is 0 Å². The van der Waals surface area contributed by atoms with Gasteiger partial charge in [0.15, 0.2) is 0 Å². The van der Waals surface area contributed by atoms with Crippen LogP contribution in [0.3, 0.4) is 0 Å². The zero-order valence-electron chi connectivity index (χ0n) is 15.4. The number of hydrogen-bond acceptors (Lipinski definition) is 4. The monoisotopic (exact) mass is 339 g/mol. The van der Waals surface area contributed by atoms with Gasteiger partial charge in [-0.25, -0.2) is 0 Å². The highest BCUT2D eigenvalue weighted by molar-refractivity contribution is 5.79. The van der Waals surface area contributed by atoms with Crippen molar-refractivity contribution in [2.45, 2.75) is 38.4 Å². The Morgan fingerprint density at radius 1 is 1.04 bits per heavy atom. The van der Waals surface area contributed by atoms with E-state index in [9.17, 15) is 0 Å². The number of benzene rings is 1. The zero-order chi connectivity index (χ0) is 17.2. The molecule has 4 rings (SSSR count). The quantitative estimate of drug-likeness (QED) is 0.856. The maximum absolute atomic E-state index is 6.36. The molecule has 2 aromatic rings. The van der Waals surface area contributed by atoms with Crippen molar-refractivity contribution in [1.29, 1.82) is 0 Å². The Morgan fingerprint density at radius 3 is 2.68 bits per heavy atom. The first-order valence-electron chi connectivity index (χ1n) is 9.58. The van der Waals surface area contributed by atoms with Gasteiger partial charge in [0.25, 0.3) is 0 Å². The Kier molecular flexibility index (Phi) is 5.02. The van der Waals surface area contributed by atoms with E-state index in [0.29, 0.717) is 12.2 Å². The van der Waals surface area contributed by atoms with E-state index in [2.05, 4.69) is 52.2 Å². The Balaban J connectivity index is 1.32. The van der Waals surface area contributed by atoms with Gasteiger partial charge in [0.1, 0.15) is 0 Å². The second-order valence-electron chi connectivity index (χ2n) is 7.75. The summed E-state index contributed by atoms with van der Waals surface area (Å²) in [6.45, 7) is 7.86. The molecule has 0 unspecified atom stereocenters. The summed E-state index contributed by atoms with van der Waals surface area (Å²) in [6, 6.07) is 10.9. The number of pyridine rings is 1. The summed E-state index contributed by atoms with van der Waals surface area (Å²) >= 11 is 0. The molecule has 4 nitrogen and oxygen atoms in total. The molecule has 2 fully saturated rings. The number of piperazine rings is 1. The summed E-state index contributed by atoms with van der Waals surface area (Å²) in [5.74, 6) is 0. The van der Waals surface area contributed by atoms with Crippen molar-refractivity contribution in [3.8, 4) is 0 Å². The van der Waals surface area contributed by atoms with E-state index < -0.39 is 0 Å².